The second-order valence-corrected chi connectivity index (χ2v) is 5.64. The van der Waals surface area contributed by atoms with Gasteiger partial charge in [0.15, 0.2) is 0 Å². The van der Waals surface area contributed by atoms with E-state index >= 15 is 0 Å². The number of rotatable bonds is 4. The van der Waals surface area contributed by atoms with Gasteiger partial charge in [-0.15, -0.1) is 0 Å². The highest BCUT2D eigenvalue weighted by molar-refractivity contribution is 9.10. The molecule has 0 bridgehead atoms. The molecule has 1 saturated heterocycles. The molecule has 1 aromatic carbocycles. The molecule has 2 N–H and O–H groups in total. The Morgan fingerprint density at radius 1 is 1.39 bits per heavy atom. The number of halogens is 1. The van der Waals surface area contributed by atoms with Crippen LogP contribution in [0.25, 0.3) is 0 Å². The predicted molar refractivity (Wildman–Crippen MR) is 78.5 cm³/mol. The largest absolute Gasteiger partial charge is 0.399 e. The van der Waals surface area contributed by atoms with E-state index in [4.69, 9.17) is 10.5 Å². The van der Waals surface area contributed by atoms with Gasteiger partial charge < -0.3 is 10.5 Å². The van der Waals surface area contributed by atoms with E-state index in [2.05, 4.69) is 33.8 Å². The summed E-state index contributed by atoms with van der Waals surface area (Å²) >= 11 is 3.59. The molecule has 1 heterocycles. The first-order chi connectivity index (χ1) is 8.69. The summed E-state index contributed by atoms with van der Waals surface area (Å²) in [5, 5.41) is 0. The number of anilines is 1. The van der Waals surface area contributed by atoms with Gasteiger partial charge >= 0.3 is 0 Å². The average molecular weight is 313 g/mol. The molecule has 1 aliphatic heterocycles. The monoisotopic (exact) mass is 312 g/mol. The topological polar surface area (TPSA) is 38.5 Å². The minimum Gasteiger partial charge on any atom is -0.399 e. The van der Waals surface area contributed by atoms with Crippen molar-refractivity contribution in [2.24, 2.45) is 0 Å². The molecule has 0 atom stereocenters. The van der Waals surface area contributed by atoms with Crippen LogP contribution in [0.3, 0.4) is 0 Å². The summed E-state index contributed by atoms with van der Waals surface area (Å²) in [6.07, 6.45) is 2.72. The highest BCUT2D eigenvalue weighted by Crippen LogP contribution is 2.23. The van der Waals surface area contributed by atoms with E-state index in [1.165, 1.54) is 5.56 Å². The maximum absolute atomic E-state index is 5.83. The van der Waals surface area contributed by atoms with Crippen molar-refractivity contribution in [1.29, 1.82) is 0 Å². The van der Waals surface area contributed by atoms with Crippen molar-refractivity contribution in [3.63, 3.8) is 0 Å². The van der Waals surface area contributed by atoms with Crippen LogP contribution in [0.1, 0.15) is 25.3 Å². The first-order valence-corrected chi connectivity index (χ1v) is 7.36. The third-order valence-electron chi connectivity index (χ3n) is 3.40. The minimum atomic E-state index is 0.454. The molecule has 3 nitrogen and oxygen atoms in total. The maximum Gasteiger partial charge on any atom is 0.0599 e. The van der Waals surface area contributed by atoms with Crippen LogP contribution in [-0.2, 0) is 11.3 Å². The van der Waals surface area contributed by atoms with E-state index in [1.807, 2.05) is 12.1 Å². The molecule has 0 spiro atoms. The smallest absolute Gasteiger partial charge is 0.0599 e. The molecule has 0 aromatic heterocycles. The Morgan fingerprint density at radius 3 is 2.78 bits per heavy atom. The van der Waals surface area contributed by atoms with Crippen LogP contribution in [0.15, 0.2) is 22.7 Å². The Kier molecular flexibility index (Phi) is 5.03. The second-order valence-electron chi connectivity index (χ2n) is 4.78. The van der Waals surface area contributed by atoms with Crippen LogP contribution < -0.4 is 5.73 Å². The lowest BCUT2D eigenvalue weighted by molar-refractivity contribution is 0.0125. The highest BCUT2D eigenvalue weighted by Gasteiger charge is 2.19. The van der Waals surface area contributed by atoms with E-state index < -0.39 is 0 Å². The summed E-state index contributed by atoms with van der Waals surface area (Å²) in [7, 11) is 0. The fourth-order valence-electron chi connectivity index (χ4n) is 2.43. The number of nitrogen functional groups attached to an aromatic ring is 1. The van der Waals surface area contributed by atoms with Gasteiger partial charge in [-0.25, -0.2) is 0 Å². The van der Waals surface area contributed by atoms with Crippen molar-refractivity contribution in [1.82, 2.24) is 4.90 Å². The van der Waals surface area contributed by atoms with Crippen molar-refractivity contribution in [2.45, 2.75) is 32.4 Å². The van der Waals surface area contributed by atoms with Gasteiger partial charge in [-0.3, -0.25) is 4.90 Å². The molecule has 1 aromatic rings. The van der Waals surface area contributed by atoms with Gasteiger partial charge in [0.1, 0.15) is 0 Å². The number of hydrogen-bond donors (Lipinski definition) is 1. The van der Waals surface area contributed by atoms with Crippen LogP contribution in [-0.4, -0.2) is 30.7 Å². The quantitative estimate of drug-likeness (QED) is 0.869. The Morgan fingerprint density at radius 2 is 2.11 bits per heavy atom. The van der Waals surface area contributed by atoms with Crippen LogP contribution in [0.2, 0.25) is 0 Å². The van der Waals surface area contributed by atoms with Gasteiger partial charge in [-0.05, 0) is 43.5 Å². The lowest BCUT2D eigenvalue weighted by atomic mass is 10.1. The molecule has 0 amide bonds. The summed E-state index contributed by atoms with van der Waals surface area (Å²) in [4.78, 5) is 2.47. The van der Waals surface area contributed by atoms with Crippen LogP contribution >= 0.6 is 15.9 Å². The van der Waals surface area contributed by atoms with Gasteiger partial charge in [0, 0.05) is 36.4 Å². The zero-order chi connectivity index (χ0) is 13.0. The van der Waals surface area contributed by atoms with Gasteiger partial charge in [-0.1, -0.05) is 15.9 Å². The summed E-state index contributed by atoms with van der Waals surface area (Å²) in [6, 6.07) is 6.01. The number of piperidine rings is 1. The third kappa shape index (κ3) is 3.70. The summed E-state index contributed by atoms with van der Waals surface area (Å²) in [6.45, 7) is 6.06. The number of nitrogens with zero attached hydrogens (tertiary/aromatic N) is 1. The van der Waals surface area contributed by atoms with E-state index in [1.54, 1.807) is 0 Å². The Balaban J connectivity index is 1.89. The van der Waals surface area contributed by atoms with Crippen LogP contribution in [0, 0.1) is 0 Å². The summed E-state index contributed by atoms with van der Waals surface area (Å²) < 4.78 is 6.81. The third-order valence-corrected chi connectivity index (χ3v) is 4.17. The fraction of sp³-hybridized carbons (Fsp3) is 0.571. The Bertz CT molecular complexity index is 389. The predicted octanol–water partition coefficient (Wildman–Crippen LogP) is 3.03. The number of hydrogen-bond acceptors (Lipinski definition) is 3. The standard InChI is InChI=1S/C14H21BrN2O/c1-2-18-13-5-7-17(8-6-13)10-11-9-12(16)3-4-14(11)15/h3-4,9,13H,2,5-8,10,16H2,1H3. The molecular formula is C14H21BrN2O. The van der Waals surface area contributed by atoms with Crippen molar-refractivity contribution in [2.75, 3.05) is 25.4 Å². The van der Waals surface area contributed by atoms with Gasteiger partial charge in [0.05, 0.1) is 6.10 Å². The number of benzene rings is 1. The molecule has 4 heteroatoms. The van der Waals surface area contributed by atoms with E-state index in [-0.39, 0.29) is 0 Å². The molecule has 0 unspecified atom stereocenters. The van der Waals surface area contributed by atoms with Gasteiger partial charge in [-0.2, -0.15) is 0 Å². The lowest BCUT2D eigenvalue weighted by Gasteiger charge is -2.32. The second kappa shape index (κ2) is 6.55. The molecule has 18 heavy (non-hydrogen) atoms. The SMILES string of the molecule is CCOC1CCN(Cc2cc(N)ccc2Br)CC1. The normalized spacial score (nSPS) is 18.1. The molecule has 1 aliphatic rings. The van der Waals surface area contributed by atoms with Crippen molar-refractivity contribution in [3.8, 4) is 0 Å². The first-order valence-electron chi connectivity index (χ1n) is 6.57. The zero-order valence-electron chi connectivity index (χ0n) is 10.9. The van der Waals surface area contributed by atoms with Crippen LogP contribution in [0.4, 0.5) is 5.69 Å². The Labute approximate surface area is 117 Å². The Hall–Kier alpha value is -0.580. The summed E-state index contributed by atoms with van der Waals surface area (Å²) in [5.41, 5.74) is 7.93. The van der Waals surface area contributed by atoms with E-state index in [0.29, 0.717) is 6.10 Å². The van der Waals surface area contributed by atoms with Crippen molar-refractivity contribution < 1.29 is 4.74 Å². The zero-order valence-corrected chi connectivity index (χ0v) is 12.4. The molecule has 1 fully saturated rings. The molecular weight excluding hydrogens is 292 g/mol. The number of nitrogens with two attached hydrogens (primary N) is 1. The van der Waals surface area contributed by atoms with Crippen LogP contribution in [0.5, 0.6) is 0 Å². The van der Waals surface area contributed by atoms with E-state index in [0.717, 1.165) is 49.2 Å². The molecule has 0 aliphatic carbocycles. The van der Waals surface area contributed by atoms with Gasteiger partial charge in [0.25, 0.3) is 0 Å². The fourth-order valence-corrected chi connectivity index (χ4v) is 2.80. The molecule has 2 rings (SSSR count). The molecule has 0 radical (unpaired) electrons. The average Bonchev–Trinajstić information content (AvgIpc) is 2.37. The lowest BCUT2D eigenvalue weighted by Crippen LogP contribution is -2.36. The van der Waals surface area contributed by atoms with Crippen molar-refractivity contribution >= 4 is 21.6 Å². The summed E-state index contributed by atoms with van der Waals surface area (Å²) in [5.74, 6) is 0. The number of ether oxygens (including phenoxy) is 1. The van der Waals surface area contributed by atoms with Gasteiger partial charge in [0.2, 0.25) is 0 Å². The number of likely N-dealkylation sites (tertiary alicyclic amines) is 1. The highest BCUT2D eigenvalue weighted by atomic mass is 79.9. The van der Waals surface area contributed by atoms with Crippen molar-refractivity contribution in [3.05, 3.63) is 28.2 Å². The maximum atomic E-state index is 5.83. The first kappa shape index (κ1) is 13.8. The van der Waals surface area contributed by atoms with E-state index in [9.17, 15) is 0 Å². The molecule has 100 valence electrons. The molecule has 0 saturated carbocycles. The minimum absolute atomic E-state index is 0.454.